The molecule has 2 heteroatoms. The van der Waals surface area contributed by atoms with E-state index in [4.69, 9.17) is 11.6 Å². The highest BCUT2D eigenvalue weighted by atomic mass is 79.9. The average Bonchev–Trinajstić information content (AvgIpc) is 2.27. The summed E-state index contributed by atoms with van der Waals surface area (Å²) in [5.74, 6) is 1.96. The number of alkyl halides is 1. The van der Waals surface area contributed by atoms with Gasteiger partial charge in [-0.05, 0) is 36.0 Å². The van der Waals surface area contributed by atoms with Crippen molar-refractivity contribution in [3.05, 3.63) is 34.3 Å². The lowest BCUT2D eigenvalue weighted by Crippen LogP contribution is -2.06. The summed E-state index contributed by atoms with van der Waals surface area (Å²) in [5, 5.41) is 0. The summed E-state index contributed by atoms with van der Waals surface area (Å²) in [5.41, 5.74) is 1.36. The Balaban J connectivity index is 2.69. The van der Waals surface area contributed by atoms with Crippen molar-refractivity contribution in [2.24, 2.45) is 5.92 Å². The van der Waals surface area contributed by atoms with E-state index in [1.807, 2.05) is 0 Å². The average molecular weight is 290 g/mol. The topological polar surface area (TPSA) is 0 Å². The second-order valence-corrected chi connectivity index (χ2v) is 5.38. The molecule has 2 unspecified atom stereocenters. The first kappa shape index (κ1) is 13.1. The zero-order chi connectivity index (χ0) is 11.3. The van der Waals surface area contributed by atoms with Gasteiger partial charge >= 0.3 is 0 Å². The van der Waals surface area contributed by atoms with Crippen molar-refractivity contribution in [2.75, 3.05) is 5.88 Å². The van der Waals surface area contributed by atoms with Gasteiger partial charge in [-0.15, -0.1) is 11.6 Å². The van der Waals surface area contributed by atoms with Gasteiger partial charge in [-0.1, -0.05) is 48.3 Å². The maximum Gasteiger partial charge on any atom is 0.0292 e. The molecule has 1 rings (SSSR count). The summed E-state index contributed by atoms with van der Waals surface area (Å²) in [6.07, 6.45) is 2.41. The van der Waals surface area contributed by atoms with Gasteiger partial charge in [0.15, 0.2) is 0 Å². The van der Waals surface area contributed by atoms with Crippen molar-refractivity contribution >= 4 is 27.5 Å². The molecular formula is C13H18BrCl. The first-order valence-electron chi connectivity index (χ1n) is 5.48. The minimum atomic E-state index is 0.495. The third kappa shape index (κ3) is 4.16. The number of halogens is 2. The highest BCUT2D eigenvalue weighted by molar-refractivity contribution is 9.10. The highest BCUT2D eigenvalue weighted by Gasteiger charge is 2.13. The third-order valence-corrected chi connectivity index (χ3v) is 3.81. The first-order chi connectivity index (χ1) is 7.17. The smallest absolute Gasteiger partial charge is 0.0292 e. The minimum Gasteiger partial charge on any atom is -0.126 e. The second kappa shape index (κ2) is 6.55. The van der Waals surface area contributed by atoms with Crippen molar-refractivity contribution in [1.29, 1.82) is 0 Å². The molecule has 0 saturated heterocycles. The monoisotopic (exact) mass is 288 g/mol. The van der Waals surface area contributed by atoms with Crippen LogP contribution in [0.3, 0.4) is 0 Å². The normalized spacial score (nSPS) is 14.9. The van der Waals surface area contributed by atoms with E-state index in [1.165, 1.54) is 18.4 Å². The van der Waals surface area contributed by atoms with Crippen LogP contribution in [0.1, 0.15) is 38.2 Å². The molecule has 0 aliphatic rings. The van der Waals surface area contributed by atoms with E-state index in [9.17, 15) is 0 Å². The van der Waals surface area contributed by atoms with E-state index in [2.05, 4.69) is 54.0 Å². The highest BCUT2D eigenvalue weighted by Crippen LogP contribution is 2.27. The van der Waals surface area contributed by atoms with Crippen molar-refractivity contribution in [1.82, 2.24) is 0 Å². The van der Waals surface area contributed by atoms with Crippen molar-refractivity contribution in [3.63, 3.8) is 0 Å². The molecule has 0 bridgehead atoms. The SMILES string of the molecule is CCC(C)CC(CCl)c1ccc(Br)cc1. The summed E-state index contributed by atoms with van der Waals surface area (Å²) in [4.78, 5) is 0. The number of hydrogen-bond donors (Lipinski definition) is 0. The lowest BCUT2D eigenvalue weighted by atomic mass is 9.90. The molecule has 0 heterocycles. The van der Waals surface area contributed by atoms with E-state index in [0.717, 1.165) is 10.4 Å². The van der Waals surface area contributed by atoms with Crippen LogP contribution in [0.4, 0.5) is 0 Å². The van der Waals surface area contributed by atoms with E-state index in [0.29, 0.717) is 11.8 Å². The number of hydrogen-bond acceptors (Lipinski definition) is 0. The lowest BCUT2D eigenvalue weighted by Gasteiger charge is -2.18. The summed E-state index contributed by atoms with van der Waals surface area (Å²) in [6.45, 7) is 4.52. The molecule has 0 radical (unpaired) electrons. The fourth-order valence-corrected chi connectivity index (χ4v) is 2.24. The molecule has 0 fully saturated rings. The Morgan fingerprint density at radius 2 is 1.87 bits per heavy atom. The van der Waals surface area contributed by atoms with Crippen LogP contribution in [-0.4, -0.2) is 5.88 Å². The van der Waals surface area contributed by atoms with Crippen LogP contribution in [-0.2, 0) is 0 Å². The van der Waals surface area contributed by atoms with E-state index in [-0.39, 0.29) is 0 Å². The van der Waals surface area contributed by atoms with Crippen LogP contribution < -0.4 is 0 Å². The molecule has 84 valence electrons. The quantitative estimate of drug-likeness (QED) is 0.653. The Hall–Kier alpha value is -0.0100. The molecule has 0 N–H and O–H groups in total. The zero-order valence-corrected chi connectivity index (χ0v) is 11.7. The van der Waals surface area contributed by atoms with Gasteiger partial charge < -0.3 is 0 Å². The second-order valence-electron chi connectivity index (χ2n) is 4.15. The van der Waals surface area contributed by atoms with Crippen LogP contribution in [0.5, 0.6) is 0 Å². The lowest BCUT2D eigenvalue weighted by molar-refractivity contribution is 0.473. The van der Waals surface area contributed by atoms with Crippen LogP contribution in [0.15, 0.2) is 28.7 Å². The number of benzene rings is 1. The fraction of sp³-hybridized carbons (Fsp3) is 0.538. The Morgan fingerprint density at radius 1 is 1.27 bits per heavy atom. The molecule has 0 aliphatic heterocycles. The minimum absolute atomic E-state index is 0.495. The van der Waals surface area contributed by atoms with Crippen LogP contribution in [0, 0.1) is 5.92 Å². The number of rotatable bonds is 5. The van der Waals surface area contributed by atoms with Gasteiger partial charge in [0.1, 0.15) is 0 Å². The van der Waals surface area contributed by atoms with Crippen LogP contribution in [0.25, 0.3) is 0 Å². The Morgan fingerprint density at radius 3 is 2.33 bits per heavy atom. The van der Waals surface area contributed by atoms with Gasteiger partial charge in [0, 0.05) is 10.4 Å². The molecule has 1 aromatic rings. The summed E-state index contributed by atoms with van der Waals surface area (Å²) in [7, 11) is 0. The van der Waals surface area contributed by atoms with E-state index < -0.39 is 0 Å². The van der Waals surface area contributed by atoms with Gasteiger partial charge in [0.05, 0.1) is 0 Å². The fourth-order valence-electron chi connectivity index (χ4n) is 1.68. The molecule has 0 aliphatic carbocycles. The molecule has 1 aromatic carbocycles. The third-order valence-electron chi connectivity index (χ3n) is 2.91. The Bertz CT molecular complexity index is 281. The van der Waals surface area contributed by atoms with E-state index in [1.54, 1.807) is 0 Å². The predicted octanol–water partition coefficient (Wildman–Crippen LogP) is 5.21. The van der Waals surface area contributed by atoms with Gasteiger partial charge in [-0.25, -0.2) is 0 Å². The molecule has 0 aromatic heterocycles. The van der Waals surface area contributed by atoms with Crippen LogP contribution >= 0.6 is 27.5 Å². The van der Waals surface area contributed by atoms with Gasteiger partial charge in [-0.3, -0.25) is 0 Å². The summed E-state index contributed by atoms with van der Waals surface area (Å²) >= 11 is 9.48. The Labute approximate surface area is 106 Å². The van der Waals surface area contributed by atoms with Crippen molar-refractivity contribution in [3.8, 4) is 0 Å². The maximum atomic E-state index is 6.03. The largest absolute Gasteiger partial charge is 0.126 e. The summed E-state index contributed by atoms with van der Waals surface area (Å²) < 4.78 is 1.13. The summed E-state index contributed by atoms with van der Waals surface area (Å²) in [6, 6.07) is 8.51. The van der Waals surface area contributed by atoms with Crippen LogP contribution in [0.2, 0.25) is 0 Å². The van der Waals surface area contributed by atoms with Gasteiger partial charge in [0.25, 0.3) is 0 Å². The molecule has 15 heavy (non-hydrogen) atoms. The molecule has 0 amide bonds. The molecular weight excluding hydrogens is 272 g/mol. The zero-order valence-electron chi connectivity index (χ0n) is 9.34. The van der Waals surface area contributed by atoms with Crippen molar-refractivity contribution < 1.29 is 0 Å². The van der Waals surface area contributed by atoms with E-state index >= 15 is 0 Å². The Kier molecular flexibility index (Phi) is 5.70. The molecule has 0 nitrogen and oxygen atoms in total. The first-order valence-corrected chi connectivity index (χ1v) is 6.81. The van der Waals surface area contributed by atoms with Gasteiger partial charge in [-0.2, -0.15) is 0 Å². The molecule has 2 atom stereocenters. The maximum absolute atomic E-state index is 6.03. The van der Waals surface area contributed by atoms with Gasteiger partial charge in [0.2, 0.25) is 0 Å². The molecule has 0 saturated carbocycles. The predicted molar refractivity (Wildman–Crippen MR) is 71.7 cm³/mol. The standard InChI is InChI=1S/C13H18BrCl/c1-3-10(2)8-12(9-15)11-4-6-13(14)7-5-11/h4-7,10,12H,3,8-9H2,1-2H3. The van der Waals surface area contributed by atoms with Crippen molar-refractivity contribution in [2.45, 2.75) is 32.6 Å². The molecule has 0 spiro atoms.